The number of aliphatic hydroxyl groups is 3. The molecular formula is C43H58O5. The maximum atomic E-state index is 13.1. The minimum Gasteiger partial charge on any atom is -0.393 e. The first-order valence-corrected chi connectivity index (χ1v) is 17.1. The number of epoxide rings is 1. The average Bonchev–Trinajstić information content (AvgIpc) is 3.60. The molecule has 260 valence electrons. The van der Waals surface area contributed by atoms with Crippen molar-refractivity contribution in [3.8, 4) is 0 Å². The fraction of sp³-hybridized carbons (Fsp3) is 0.488. The molecule has 2 aliphatic carbocycles. The minimum absolute atomic E-state index is 0.0835. The first-order valence-electron chi connectivity index (χ1n) is 17.1. The van der Waals surface area contributed by atoms with Crippen molar-refractivity contribution in [2.45, 2.75) is 123 Å². The van der Waals surface area contributed by atoms with Gasteiger partial charge in [-0.05, 0) is 70.9 Å². The highest BCUT2D eigenvalue weighted by molar-refractivity contribution is 5.96. The Bertz CT molecular complexity index is 1510. The Balaban J connectivity index is 1.52. The molecule has 1 heterocycles. The number of fused-ring (bicyclic) bond motifs is 1. The standard InChI is InChI=1S/C43H58O5/c1-11-40(9)27-36(45)29-42(47,12-2)38(40)25-17-23-33(5)21-15-20-31(3)18-13-14-19-32(4)22-16-24-34(6)37(46)30-43-39(7,8)26-35(44)28-41(43,10)48-43/h11-22,24,35-36,44-45,47H,1-2,23,26-30H2,3-10H3. The predicted molar refractivity (Wildman–Crippen MR) is 198 cm³/mol. The summed E-state index contributed by atoms with van der Waals surface area (Å²) in [5.74, 6) is 0.0835. The molecule has 3 aliphatic rings. The quantitative estimate of drug-likeness (QED) is 0.0607. The molecule has 5 nitrogen and oxygen atoms in total. The van der Waals surface area contributed by atoms with Crippen LogP contribution >= 0.6 is 0 Å². The van der Waals surface area contributed by atoms with Gasteiger partial charge in [-0.1, -0.05) is 117 Å². The van der Waals surface area contributed by atoms with Gasteiger partial charge in [-0.2, -0.15) is 0 Å². The van der Waals surface area contributed by atoms with E-state index in [0.29, 0.717) is 43.3 Å². The summed E-state index contributed by atoms with van der Waals surface area (Å²) in [6.45, 7) is 23.9. The smallest absolute Gasteiger partial charge is 0.161 e. The molecule has 0 radical (unpaired) electrons. The molecule has 5 heteroatoms. The number of Topliss-reactive ketones (excluding diaryl/α,β-unsaturated/α-hetero) is 1. The van der Waals surface area contributed by atoms with Gasteiger partial charge < -0.3 is 20.1 Å². The van der Waals surface area contributed by atoms with Crippen LogP contribution in [0.4, 0.5) is 0 Å². The summed E-state index contributed by atoms with van der Waals surface area (Å²) < 4.78 is 6.18. The van der Waals surface area contributed by atoms with E-state index in [2.05, 4.69) is 51.8 Å². The van der Waals surface area contributed by atoms with E-state index in [1.165, 1.54) is 6.08 Å². The van der Waals surface area contributed by atoms with Crippen molar-refractivity contribution in [3.63, 3.8) is 0 Å². The Hall–Kier alpha value is -3.31. The van der Waals surface area contributed by atoms with Crippen molar-refractivity contribution in [1.29, 1.82) is 0 Å². The van der Waals surface area contributed by atoms with E-state index >= 15 is 0 Å². The lowest BCUT2D eigenvalue weighted by Crippen LogP contribution is -2.48. The summed E-state index contributed by atoms with van der Waals surface area (Å²) >= 11 is 0. The van der Waals surface area contributed by atoms with Crippen LogP contribution < -0.4 is 0 Å². The molecule has 3 fully saturated rings. The number of allylic oxidation sites excluding steroid dienone is 15. The fourth-order valence-corrected chi connectivity index (χ4v) is 7.51. The van der Waals surface area contributed by atoms with Gasteiger partial charge in [-0.25, -0.2) is 0 Å². The third-order valence-electron chi connectivity index (χ3n) is 10.5. The van der Waals surface area contributed by atoms with Crippen molar-refractivity contribution >= 4 is 5.78 Å². The first-order chi connectivity index (χ1) is 22.4. The van der Waals surface area contributed by atoms with Crippen molar-refractivity contribution in [2.75, 3.05) is 0 Å². The monoisotopic (exact) mass is 654 g/mol. The predicted octanol–water partition coefficient (Wildman–Crippen LogP) is 8.84. The molecule has 3 N–H and O–H groups in total. The molecule has 0 aromatic rings. The molecule has 0 aromatic heterocycles. The highest BCUT2D eigenvalue weighted by Crippen LogP contribution is 2.67. The van der Waals surface area contributed by atoms with Crippen molar-refractivity contribution in [3.05, 3.63) is 126 Å². The van der Waals surface area contributed by atoms with Crippen LogP contribution in [-0.2, 0) is 9.53 Å². The van der Waals surface area contributed by atoms with Gasteiger partial charge in [0.2, 0.25) is 0 Å². The molecule has 0 aromatic carbocycles. The van der Waals surface area contributed by atoms with Gasteiger partial charge in [-0.15, -0.1) is 12.3 Å². The number of aliphatic hydroxyl groups excluding tert-OH is 2. The van der Waals surface area contributed by atoms with Crippen LogP contribution in [0, 0.1) is 10.8 Å². The van der Waals surface area contributed by atoms with Crippen LogP contribution in [0.15, 0.2) is 126 Å². The van der Waals surface area contributed by atoms with E-state index in [4.69, 9.17) is 4.74 Å². The molecule has 1 saturated heterocycles. The van der Waals surface area contributed by atoms with Crippen LogP contribution in [0.3, 0.4) is 0 Å². The third-order valence-corrected chi connectivity index (χ3v) is 10.5. The molecule has 0 amide bonds. The van der Waals surface area contributed by atoms with Gasteiger partial charge in [0.1, 0.15) is 11.2 Å². The molecule has 2 saturated carbocycles. The number of hydrogen-bond donors (Lipinski definition) is 3. The van der Waals surface area contributed by atoms with Gasteiger partial charge in [0.05, 0.1) is 17.8 Å². The molecule has 0 spiro atoms. The molecule has 0 bridgehead atoms. The van der Waals surface area contributed by atoms with Gasteiger partial charge in [0.15, 0.2) is 5.78 Å². The second kappa shape index (κ2) is 15.5. The zero-order valence-electron chi connectivity index (χ0n) is 30.5. The van der Waals surface area contributed by atoms with Crippen molar-refractivity contribution < 1.29 is 24.9 Å². The second-order valence-corrected chi connectivity index (χ2v) is 15.2. The highest BCUT2D eigenvalue weighted by Gasteiger charge is 2.76. The number of carbonyl (C=O) groups is 1. The van der Waals surface area contributed by atoms with E-state index in [0.717, 1.165) is 16.7 Å². The maximum absolute atomic E-state index is 13.1. The Morgan fingerprint density at radius 1 is 0.833 bits per heavy atom. The summed E-state index contributed by atoms with van der Waals surface area (Å²) in [6, 6.07) is 0. The number of ketones is 1. The molecule has 1 aliphatic heterocycles. The number of carbonyl (C=O) groups excluding carboxylic acids is 1. The molecular weight excluding hydrogens is 596 g/mol. The fourth-order valence-electron chi connectivity index (χ4n) is 7.51. The van der Waals surface area contributed by atoms with E-state index in [-0.39, 0.29) is 23.7 Å². The summed E-state index contributed by atoms with van der Waals surface area (Å²) in [7, 11) is 0. The number of rotatable bonds is 13. The van der Waals surface area contributed by atoms with Crippen LogP contribution in [0.2, 0.25) is 0 Å². The number of ether oxygens (including phenoxy) is 1. The van der Waals surface area contributed by atoms with E-state index in [1.807, 2.05) is 89.3 Å². The zero-order valence-corrected chi connectivity index (χ0v) is 30.5. The Labute approximate surface area is 289 Å². The molecule has 6 atom stereocenters. The first kappa shape index (κ1) is 39.1. The van der Waals surface area contributed by atoms with Crippen LogP contribution in [-0.4, -0.2) is 50.1 Å². The lowest BCUT2D eigenvalue weighted by Gasteiger charge is -2.44. The normalized spacial score (nSPS) is 34.4. The largest absolute Gasteiger partial charge is 0.393 e. The Morgan fingerprint density at radius 3 is 1.98 bits per heavy atom. The van der Waals surface area contributed by atoms with Gasteiger partial charge in [-0.3, -0.25) is 4.79 Å². The van der Waals surface area contributed by atoms with Crippen molar-refractivity contribution in [1.82, 2.24) is 0 Å². The summed E-state index contributed by atoms with van der Waals surface area (Å²) in [4.78, 5) is 13.1. The average molecular weight is 655 g/mol. The third kappa shape index (κ3) is 9.02. The van der Waals surface area contributed by atoms with Gasteiger partial charge in [0.25, 0.3) is 0 Å². The SMILES string of the molecule is C=CC1(C)CC(O)CC(O)(C=C)C1=C=CCC(C)=CC=CC(C)=CC=CC=C(C)C=CC=C(C)C(=O)CC12OC1(C)CC(O)CC2(C)C. The zero-order chi connectivity index (χ0) is 36.0. The van der Waals surface area contributed by atoms with Crippen LogP contribution in [0.25, 0.3) is 0 Å². The Kier molecular flexibility index (Phi) is 12.6. The summed E-state index contributed by atoms with van der Waals surface area (Å²) in [6.07, 6.45) is 27.1. The Morgan fingerprint density at radius 2 is 1.42 bits per heavy atom. The van der Waals surface area contributed by atoms with E-state index in [1.54, 1.807) is 6.08 Å². The highest BCUT2D eigenvalue weighted by atomic mass is 16.6. The maximum Gasteiger partial charge on any atom is 0.161 e. The lowest BCUT2D eigenvalue weighted by molar-refractivity contribution is -0.118. The second-order valence-electron chi connectivity index (χ2n) is 15.2. The summed E-state index contributed by atoms with van der Waals surface area (Å²) in [5.41, 5.74) is 4.96. The van der Waals surface area contributed by atoms with Crippen molar-refractivity contribution in [2.24, 2.45) is 10.8 Å². The van der Waals surface area contributed by atoms with Gasteiger partial charge in [0, 0.05) is 30.3 Å². The van der Waals surface area contributed by atoms with Crippen LogP contribution in [0.5, 0.6) is 0 Å². The lowest BCUT2D eigenvalue weighted by atomic mass is 9.61. The topological polar surface area (TPSA) is 90.3 Å². The molecule has 48 heavy (non-hydrogen) atoms. The molecule has 6 unspecified atom stereocenters. The van der Waals surface area contributed by atoms with E-state index in [9.17, 15) is 20.1 Å². The summed E-state index contributed by atoms with van der Waals surface area (Å²) in [5, 5.41) is 31.7. The van der Waals surface area contributed by atoms with E-state index < -0.39 is 28.3 Å². The molecule has 3 rings (SSSR count). The minimum atomic E-state index is -1.31. The van der Waals surface area contributed by atoms with Crippen LogP contribution in [0.1, 0.15) is 93.9 Å². The van der Waals surface area contributed by atoms with Gasteiger partial charge >= 0.3 is 0 Å². The number of hydrogen-bond acceptors (Lipinski definition) is 5.